The van der Waals surface area contributed by atoms with Crippen molar-refractivity contribution in [1.82, 2.24) is 0 Å². The summed E-state index contributed by atoms with van der Waals surface area (Å²) in [5, 5.41) is 0. The number of ether oxygens (including phenoxy) is 2. The average Bonchev–Trinajstić information content (AvgIpc) is 2.23. The Bertz CT molecular complexity index is 358. The van der Waals surface area contributed by atoms with Crippen molar-refractivity contribution in [2.24, 2.45) is 5.73 Å². The Balaban J connectivity index is 3.31. The lowest BCUT2D eigenvalue weighted by atomic mass is 10.1. The summed E-state index contributed by atoms with van der Waals surface area (Å²) in [6, 6.07) is 1.67. The molecule has 1 aromatic carbocycles. The molecule has 0 spiro atoms. The predicted molar refractivity (Wildman–Crippen MR) is 60.0 cm³/mol. The third kappa shape index (κ3) is 2.41. The summed E-state index contributed by atoms with van der Waals surface area (Å²) in [4.78, 5) is 0. The van der Waals surface area contributed by atoms with Gasteiger partial charge in [-0.25, -0.2) is 4.39 Å². The van der Waals surface area contributed by atoms with Crippen LogP contribution in [0.3, 0.4) is 0 Å². The molecule has 0 aliphatic carbocycles. The second kappa shape index (κ2) is 5.32. The van der Waals surface area contributed by atoms with E-state index in [1.54, 1.807) is 6.07 Å². The van der Waals surface area contributed by atoms with Crippen molar-refractivity contribution in [3.8, 4) is 11.5 Å². The van der Waals surface area contributed by atoms with E-state index in [-0.39, 0.29) is 5.75 Å². The van der Waals surface area contributed by atoms with Crippen LogP contribution in [0.2, 0.25) is 0 Å². The predicted octanol–water partition coefficient (Wildman–Crippen LogP) is 2.11. The van der Waals surface area contributed by atoms with E-state index in [4.69, 9.17) is 15.2 Å². The molecule has 15 heavy (non-hydrogen) atoms. The van der Waals surface area contributed by atoms with Gasteiger partial charge in [-0.15, -0.1) is 0 Å². The maximum absolute atomic E-state index is 13.9. The molecule has 0 saturated heterocycles. The van der Waals surface area contributed by atoms with Crippen LogP contribution >= 0.6 is 15.9 Å². The summed E-state index contributed by atoms with van der Waals surface area (Å²) in [6.07, 6.45) is 0.451. The second-order valence-corrected chi connectivity index (χ2v) is 3.78. The van der Waals surface area contributed by atoms with E-state index in [0.29, 0.717) is 28.8 Å². The smallest absolute Gasteiger partial charge is 0.197 e. The van der Waals surface area contributed by atoms with E-state index >= 15 is 0 Å². The molecule has 0 fully saturated rings. The molecule has 0 unspecified atom stereocenters. The van der Waals surface area contributed by atoms with Crippen LogP contribution in [-0.2, 0) is 6.42 Å². The summed E-state index contributed by atoms with van der Waals surface area (Å²) < 4.78 is 24.5. The number of methoxy groups -OCH3 is 2. The number of rotatable bonds is 4. The third-order valence-corrected chi connectivity index (χ3v) is 2.76. The Morgan fingerprint density at radius 3 is 2.53 bits per heavy atom. The molecule has 0 aliphatic rings. The molecule has 0 aliphatic heterocycles. The Morgan fingerprint density at radius 2 is 2.07 bits per heavy atom. The van der Waals surface area contributed by atoms with Gasteiger partial charge in [0.05, 0.1) is 14.2 Å². The fourth-order valence-corrected chi connectivity index (χ4v) is 1.91. The molecular formula is C10H13BrFNO2. The molecule has 0 amide bonds. The Kier molecular flexibility index (Phi) is 4.35. The quantitative estimate of drug-likeness (QED) is 0.917. The fraction of sp³-hybridized carbons (Fsp3) is 0.400. The van der Waals surface area contributed by atoms with Gasteiger partial charge in [-0.2, -0.15) is 0 Å². The van der Waals surface area contributed by atoms with Gasteiger partial charge in [0.2, 0.25) is 0 Å². The molecular weight excluding hydrogens is 265 g/mol. The second-order valence-electron chi connectivity index (χ2n) is 2.93. The standard InChI is InChI=1S/C10H13BrFNO2/c1-14-8-5-7(11)6(3-4-13)9(12)10(8)15-2/h5H,3-4,13H2,1-2H3. The van der Waals surface area contributed by atoms with Crippen LogP contribution in [0.1, 0.15) is 5.56 Å². The molecule has 0 bridgehead atoms. The molecule has 1 rings (SSSR count). The first kappa shape index (κ1) is 12.3. The summed E-state index contributed by atoms with van der Waals surface area (Å²) in [7, 11) is 2.87. The first-order valence-electron chi connectivity index (χ1n) is 4.44. The van der Waals surface area contributed by atoms with Gasteiger partial charge in [0.15, 0.2) is 17.3 Å². The highest BCUT2D eigenvalue weighted by Crippen LogP contribution is 2.36. The first-order valence-corrected chi connectivity index (χ1v) is 5.23. The maximum atomic E-state index is 13.9. The number of halogens is 2. The van der Waals surface area contributed by atoms with Crippen LogP contribution in [0.4, 0.5) is 4.39 Å². The fourth-order valence-electron chi connectivity index (χ4n) is 1.33. The van der Waals surface area contributed by atoms with Crippen molar-refractivity contribution in [3.05, 3.63) is 21.9 Å². The number of hydrogen-bond acceptors (Lipinski definition) is 3. The van der Waals surface area contributed by atoms with Crippen molar-refractivity contribution >= 4 is 15.9 Å². The average molecular weight is 278 g/mol. The van der Waals surface area contributed by atoms with Crippen molar-refractivity contribution in [2.45, 2.75) is 6.42 Å². The largest absolute Gasteiger partial charge is 0.493 e. The summed E-state index contributed by atoms with van der Waals surface area (Å²) in [5.74, 6) is 0.0565. The lowest BCUT2D eigenvalue weighted by molar-refractivity contribution is 0.335. The van der Waals surface area contributed by atoms with Gasteiger partial charge >= 0.3 is 0 Å². The van der Waals surface area contributed by atoms with E-state index in [2.05, 4.69) is 15.9 Å². The van der Waals surface area contributed by atoms with Crippen molar-refractivity contribution in [3.63, 3.8) is 0 Å². The van der Waals surface area contributed by atoms with E-state index in [1.807, 2.05) is 0 Å². The molecule has 0 heterocycles. The molecule has 0 radical (unpaired) electrons. The van der Waals surface area contributed by atoms with Gasteiger partial charge in [-0.05, 0) is 19.0 Å². The molecule has 2 N–H and O–H groups in total. The SMILES string of the molecule is COc1cc(Br)c(CCN)c(F)c1OC. The molecule has 1 aromatic rings. The van der Waals surface area contributed by atoms with Crippen LogP contribution < -0.4 is 15.2 Å². The molecule has 3 nitrogen and oxygen atoms in total. The number of hydrogen-bond donors (Lipinski definition) is 1. The van der Waals surface area contributed by atoms with Gasteiger partial charge in [0.1, 0.15) is 0 Å². The van der Waals surface area contributed by atoms with E-state index in [9.17, 15) is 4.39 Å². The van der Waals surface area contributed by atoms with Crippen LogP contribution in [0.25, 0.3) is 0 Å². The molecule has 5 heteroatoms. The summed E-state index contributed by atoms with van der Waals surface area (Å²) >= 11 is 3.27. The molecule has 0 atom stereocenters. The normalized spacial score (nSPS) is 10.2. The Hall–Kier alpha value is -0.810. The number of benzene rings is 1. The van der Waals surface area contributed by atoms with Crippen LogP contribution in [-0.4, -0.2) is 20.8 Å². The summed E-state index contributed by atoms with van der Waals surface area (Å²) in [5.41, 5.74) is 5.91. The molecule has 84 valence electrons. The Morgan fingerprint density at radius 1 is 1.40 bits per heavy atom. The third-order valence-electron chi connectivity index (χ3n) is 2.05. The first-order chi connectivity index (χ1) is 7.15. The topological polar surface area (TPSA) is 44.5 Å². The lowest BCUT2D eigenvalue weighted by Crippen LogP contribution is -2.07. The van der Waals surface area contributed by atoms with Gasteiger partial charge < -0.3 is 15.2 Å². The minimum absolute atomic E-state index is 0.115. The zero-order chi connectivity index (χ0) is 11.4. The van der Waals surface area contributed by atoms with E-state index < -0.39 is 5.82 Å². The highest BCUT2D eigenvalue weighted by molar-refractivity contribution is 9.10. The van der Waals surface area contributed by atoms with Crippen LogP contribution in [0.5, 0.6) is 11.5 Å². The minimum Gasteiger partial charge on any atom is -0.493 e. The zero-order valence-electron chi connectivity index (χ0n) is 8.64. The molecule has 0 aromatic heterocycles. The monoisotopic (exact) mass is 277 g/mol. The number of nitrogens with two attached hydrogens (primary N) is 1. The van der Waals surface area contributed by atoms with E-state index in [1.165, 1.54) is 14.2 Å². The highest BCUT2D eigenvalue weighted by atomic mass is 79.9. The van der Waals surface area contributed by atoms with Gasteiger partial charge in [-0.3, -0.25) is 0 Å². The van der Waals surface area contributed by atoms with Crippen LogP contribution in [0.15, 0.2) is 10.5 Å². The van der Waals surface area contributed by atoms with Crippen molar-refractivity contribution in [2.75, 3.05) is 20.8 Å². The zero-order valence-corrected chi connectivity index (χ0v) is 10.2. The Labute approximate surface area is 96.5 Å². The van der Waals surface area contributed by atoms with Crippen LogP contribution in [0, 0.1) is 5.82 Å². The van der Waals surface area contributed by atoms with E-state index in [0.717, 1.165) is 0 Å². The van der Waals surface area contributed by atoms with Gasteiger partial charge in [0.25, 0.3) is 0 Å². The van der Waals surface area contributed by atoms with Crippen molar-refractivity contribution in [1.29, 1.82) is 0 Å². The highest BCUT2D eigenvalue weighted by Gasteiger charge is 2.17. The minimum atomic E-state index is -0.422. The van der Waals surface area contributed by atoms with Crippen molar-refractivity contribution < 1.29 is 13.9 Å². The van der Waals surface area contributed by atoms with Gasteiger partial charge in [-0.1, -0.05) is 15.9 Å². The molecule has 0 saturated carbocycles. The maximum Gasteiger partial charge on any atom is 0.197 e. The summed E-state index contributed by atoms with van der Waals surface area (Å²) in [6.45, 7) is 0.380. The lowest BCUT2D eigenvalue weighted by Gasteiger charge is -2.13. The van der Waals surface area contributed by atoms with Gasteiger partial charge in [0, 0.05) is 10.0 Å².